The van der Waals surface area contributed by atoms with Gasteiger partial charge < -0.3 is 5.11 Å². The van der Waals surface area contributed by atoms with Crippen molar-refractivity contribution >= 4 is 11.6 Å². The third-order valence-corrected chi connectivity index (χ3v) is 2.00. The van der Waals surface area contributed by atoms with Gasteiger partial charge in [-0.15, -0.1) is 0 Å². The summed E-state index contributed by atoms with van der Waals surface area (Å²) in [5, 5.41) is 13.1. The topological polar surface area (TPSA) is 61.7 Å². The van der Waals surface area contributed by atoms with Crippen molar-refractivity contribution in [3.05, 3.63) is 0 Å². The van der Waals surface area contributed by atoms with E-state index in [4.69, 9.17) is 0 Å². The highest BCUT2D eigenvalue weighted by Crippen LogP contribution is 2.24. The van der Waals surface area contributed by atoms with Gasteiger partial charge in [0.15, 0.2) is 0 Å². The second-order valence-electron chi connectivity index (χ2n) is 3.32. The molecule has 1 rings (SSSR count). The summed E-state index contributed by atoms with van der Waals surface area (Å²) < 4.78 is 0. The molecule has 4 heteroatoms. The van der Waals surface area contributed by atoms with E-state index in [-0.39, 0.29) is 5.91 Å². The number of nitrogens with one attached hydrogen (secondary N) is 1. The van der Waals surface area contributed by atoms with E-state index < -0.39 is 11.5 Å². The van der Waals surface area contributed by atoms with Gasteiger partial charge in [-0.25, -0.2) is 5.43 Å². The molecule has 0 radical (unpaired) electrons. The Bertz CT molecular complexity index is 220. The molecule has 1 aliphatic rings. The number of hydrogen-bond acceptors (Lipinski definition) is 3. The Kier molecular flexibility index (Phi) is 1.72. The molecule has 11 heavy (non-hydrogen) atoms. The molecule has 0 saturated carbocycles. The SMILES string of the molecule is CC1=NNC(=O)C(C)(C)C1O. The van der Waals surface area contributed by atoms with Crippen LogP contribution in [0.25, 0.3) is 0 Å². The first-order valence-corrected chi connectivity index (χ1v) is 3.49. The summed E-state index contributed by atoms with van der Waals surface area (Å²) in [7, 11) is 0. The molecule has 2 N–H and O–H groups in total. The van der Waals surface area contributed by atoms with Crippen LogP contribution in [0.1, 0.15) is 20.8 Å². The fourth-order valence-electron chi connectivity index (χ4n) is 0.991. The number of carbonyl (C=O) groups is 1. The van der Waals surface area contributed by atoms with E-state index in [1.54, 1.807) is 20.8 Å². The minimum atomic E-state index is -0.767. The molecule has 1 amide bonds. The summed E-state index contributed by atoms with van der Waals surface area (Å²) in [6, 6.07) is 0. The molecule has 0 fully saturated rings. The van der Waals surface area contributed by atoms with E-state index in [1.165, 1.54) is 0 Å². The molecule has 0 saturated heterocycles. The molecule has 0 bridgehead atoms. The first kappa shape index (κ1) is 8.20. The second-order valence-corrected chi connectivity index (χ2v) is 3.32. The average Bonchev–Trinajstić information content (AvgIpc) is 1.95. The lowest BCUT2D eigenvalue weighted by Crippen LogP contribution is -2.50. The van der Waals surface area contributed by atoms with Crippen molar-refractivity contribution in [2.75, 3.05) is 0 Å². The number of hydrazone groups is 1. The molecule has 0 aromatic heterocycles. The van der Waals surface area contributed by atoms with Crippen LogP contribution in [0.15, 0.2) is 5.10 Å². The van der Waals surface area contributed by atoms with Gasteiger partial charge in [0.2, 0.25) is 5.91 Å². The molecule has 1 heterocycles. The van der Waals surface area contributed by atoms with Crippen molar-refractivity contribution < 1.29 is 9.90 Å². The van der Waals surface area contributed by atoms with Crippen LogP contribution >= 0.6 is 0 Å². The molecule has 4 nitrogen and oxygen atoms in total. The number of amides is 1. The van der Waals surface area contributed by atoms with Gasteiger partial charge in [-0.05, 0) is 20.8 Å². The Morgan fingerprint density at radius 2 is 2.18 bits per heavy atom. The summed E-state index contributed by atoms with van der Waals surface area (Å²) >= 11 is 0. The summed E-state index contributed by atoms with van der Waals surface area (Å²) in [5.41, 5.74) is 2.13. The van der Waals surface area contributed by atoms with Crippen LogP contribution in [0.3, 0.4) is 0 Å². The highest BCUT2D eigenvalue weighted by Gasteiger charge is 2.40. The zero-order valence-electron chi connectivity index (χ0n) is 6.88. The number of nitrogens with zero attached hydrogens (tertiary/aromatic N) is 1. The van der Waals surface area contributed by atoms with Gasteiger partial charge in [0.1, 0.15) is 6.10 Å². The minimum absolute atomic E-state index is 0.240. The lowest BCUT2D eigenvalue weighted by Gasteiger charge is -2.31. The second kappa shape index (κ2) is 2.30. The maximum atomic E-state index is 11.1. The lowest BCUT2D eigenvalue weighted by molar-refractivity contribution is -0.134. The number of rotatable bonds is 0. The smallest absolute Gasteiger partial charge is 0.248 e. The number of aliphatic hydroxyl groups excluding tert-OH is 1. The van der Waals surface area contributed by atoms with Gasteiger partial charge >= 0.3 is 0 Å². The van der Waals surface area contributed by atoms with Crippen LogP contribution in [0.2, 0.25) is 0 Å². The molecule has 1 atom stereocenters. The third-order valence-electron chi connectivity index (χ3n) is 2.00. The Labute approximate surface area is 65.3 Å². The minimum Gasteiger partial charge on any atom is -0.386 e. The fraction of sp³-hybridized carbons (Fsp3) is 0.714. The number of carbonyl (C=O) groups excluding carboxylic acids is 1. The average molecular weight is 156 g/mol. The fourth-order valence-corrected chi connectivity index (χ4v) is 0.991. The first-order chi connectivity index (χ1) is 4.96. The number of aliphatic hydroxyl groups is 1. The molecule has 0 aromatic carbocycles. The van der Waals surface area contributed by atoms with Crippen molar-refractivity contribution in [1.29, 1.82) is 0 Å². The predicted octanol–water partition coefficient (Wildman–Crippen LogP) is -0.121. The van der Waals surface area contributed by atoms with Crippen LogP contribution in [0.5, 0.6) is 0 Å². The Morgan fingerprint density at radius 1 is 1.64 bits per heavy atom. The highest BCUT2D eigenvalue weighted by molar-refractivity contribution is 5.97. The summed E-state index contributed by atoms with van der Waals surface area (Å²) in [6.45, 7) is 5.06. The van der Waals surface area contributed by atoms with Gasteiger partial charge in [0.25, 0.3) is 0 Å². The zero-order valence-corrected chi connectivity index (χ0v) is 6.88. The molecular formula is C7H12N2O2. The lowest BCUT2D eigenvalue weighted by atomic mass is 9.82. The van der Waals surface area contributed by atoms with Crippen LogP contribution in [-0.2, 0) is 4.79 Å². The van der Waals surface area contributed by atoms with Crippen LogP contribution < -0.4 is 5.43 Å². The molecule has 0 aliphatic carbocycles. The number of hydrogen-bond donors (Lipinski definition) is 2. The van der Waals surface area contributed by atoms with Crippen molar-refractivity contribution in [3.63, 3.8) is 0 Å². The molecule has 0 spiro atoms. The van der Waals surface area contributed by atoms with Gasteiger partial charge in [0, 0.05) is 0 Å². The van der Waals surface area contributed by atoms with Gasteiger partial charge in [-0.1, -0.05) is 0 Å². The first-order valence-electron chi connectivity index (χ1n) is 3.49. The highest BCUT2D eigenvalue weighted by atomic mass is 16.3. The van der Waals surface area contributed by atoms with E-state index in [9.17, 15) is 9.90 Å². The monoisotopic (exact) mass is 156 g/mol. The molecule has 0 aromatic rings. The maximum Gasteiger partial charge on any atom is 0.248 e. The van der Waals surface area contributed by atoms with E-state index in [2.05, 4.69) is 10.5 Å². The van der Waals surface area contributed by atoms with E-state index in [0.717, 1.165) is 0 Å². The molecule has 1 aliphatic heterocycles. The Balaban J connectivity index is 2.98. The standard InChI is InChI=1S/C7H12N2O2/c1-4-5(10)7(2,3)6(11)9-8-4/h5,10H,1-3H3,(H,9,11). The van der Waals surface area contributed by atoms with Crippen LogP contribution in [0, 0.1) is 5.41 Å². The summed E-state index contributed by atoms with van der Waals surface area (Å²) in [5.74, 6) is -0.240. The van der Waals surface area contributed by atoms with Gasteiger partial charge in [0.05, 0.1) is 11.1 Å². The normalized spacial score (nSPS) is 29.3. The van der Waals surface area contributed by atoms with E-state index in [1.807, 2.05) is 0 Å². The zero-order chi connectivity index (χ0) is 8.65. The van der Waals surface area contributed by atoms with Crippen molar-refractivity contribution in [2.24, 2.45) is 10.5 Å². The molecule has 62 valence electrons. The molecular weight excluding hydrogens is 144 g/mol. The Hall–Kier alpha value is -0.900. The maximum absolute atomic E-state index is 11.1. The molecule has 1 unspecified atom stereocenters. The van der Waals surface area contributed by atoms with E-state index in [0.29, 0.717) is 5.71 Å². The van der Waals surface area contributed by atoms with Crippen LogP contribution in [0.4, 0.5) is 0 Å². The van der Waals surface area contributed by atoms with Gasteiger partial charge in [-0.2, -0.15) is 5.10 Å². The third kappa shape index (κ3) is 1.14. The van der Waals surface area contributed by atoms with Gasteiger partial charge in [-0.3, -0.25) is 4.79 Å². The van der Waals surface area contributed by atoms with Crippen LogP contribution in [-0.4, -0.2) is 22.8 Å². The summed E-state index contributed by atoms with van der Waals surface area (Å²) in [4.78, 5) is 11.1. The summed E-state index contributed by atoms with van der Waals surface area (Å²) in [6.07, 6.45) is -0.767. The van der Waals surface area contributed by atoms with Crippen molar-refractivity contribution in [3.8, 4) is 0 Å². The van der Waals surface area contributed by atoms with Crippen molar-refractivity contribution in [2.45, 2.75) is 26.9 Å². The van der Waals surface area contributed by atoms with Crippen molar-refractivity contribution in [1.82, 2.24) is 5.43 Å². The Morgan fingerprint density at radius 3 is 2.64 bits per heavy atom. The predicted molar refractivity (Wildman–Crippen MR) is 41.0 cm³/mol. The van der Waals surface area contributed by atoms with E-state index >= 15 is 0 Å². The quantitative estimate of drug-likeness (QED) is 0.513. The largest absolute Gasteiger partial charge is 0.386 e.